The van der Waals surface area contributed by atoms with Crippen LogP contribution in [0.15, 0.2) is 4.99 Å². The quantitative estimate of drug-likeness (QED) is 0.157. The van der Waals surface area contributed by atoms with Gasteiger partial charge in [-0.15, -0.1) is 0 Å². The van der Waals surface area contributed by atoms with Crippen LogP contribution in [0.25, 0.3) is 0 Å². The molecule has 0 aromatic carbocycles. The second-order valence-corrected chi connectivity index (χ2v) is 1.61. The molecule has 0 aromatic heterocycles. The fourth-order valence-electron chi connectivity index (χ4n) is 0.297. The lowest BCUT2D eigenvalue weighted by molar-refractivity contribution is -0.138. The van der Waals surface area contributed by atoms with Crippen LogP contribution in [0.1, 0.15) is 0 Å². The van der Waals surface area contributed by atoms with Crippen molar-refractivity contribution in [3.05, 3.63) is 0 Å². The minimum atomic E-state index is -1.07. The van der Waals surface area contributed by atoms with Gasteiger partial charge in [0, 0.05) is 0 Å². The second kappa shape index (κ2) is 4.71. The third kappa shape index (κ3) is 3.81. The van der Waals surface area contributed by atoms with E-state index in [9.17, 15) is 4.79 Å². The first kappa shape index (κ1) is 8.86. The molecule has 0 aliphatic rings. The number of carboxylic acid groups (broad SMARTS) is 1. The molecule has 0 aromatic rings. The molecule has 0 aliphatic heterocycles. The van der Waals surface area contributed by atoms with E-state index in [0.29, 0.717) is 0 Å². The molecule has 58 valence electrons. The Balaban J connectivity index is 3.48. The van der Waals surface area contributed by atoms with Crippen molar-refractivity contribution >= 4 is 12.3 Å². The van der Waals surface area contributed by atoms with Crippen LogP contribution >= 0.6 is 0 Å². The van der Waals surface area contributed by atoms with Crippen molar-refractivity contribution in [3.63, 3.8) is 0 Å². The molecule has 0 spiro atoms. The maximum atomic E-state index is 10.0. The fourth-order valence-corrected chi connectivity index (χ4v) is 0.297. The van der Waals surface area contributed by atoms with Crippen molar-refractivity contribution in [2.24, 2.45) is 16.6 Å². The first-order valence-corrected chi connectivity index (χ1v) is 2.61. The minimum absolute atomic E-state index is 0.0273. The van der Waals surface area contributed by atoms with Crippen molar-refractivity contribution in [3.8, 4) is 0 Å². The predicted octanol–water partition coefficient (Wildman–Crippen LogP) is -2.11. The fraction of sp³-hybridized carbons (Fsp3) is 0.500. The molecule has 0 unspecified atom stereocenters. The van der Waals surface area contributed by atoms with Crippen LogP contribution in [0.3, 0.4) is 0 Å². The smallest absolute Gasteiger partial charge is 0.322 e. The lowest BCUT2D eigenvalue weighted by Gasteiger charge is -1.99. The zero-order chi connectivity index (χ0) is 7.98. The van der Waals surface area contributed by atoms with Crippen molar-refractivity contribution in [2.75, 3.05) is 6.54 Å². The number of hydrogen-bond donors (Lipinski definition) is 4. The molecule has 0 aliphatic carbocycles. The molecule has 0 rings (SSSR count). The largest absolute Gasteiger partial charge is 0.480 e. The topological polar surface area (TPSA) is 114 Å². The number of nitrogens with zero attached hydrogens (tertiary/aromatic N) is 1. The van der Waals surface area contributed by atoms with Gasteiger partial charge >= 0.3 is 5.97 Å². The lowest BCUT2D eigenvalue weighted by Crippen LogP contribution is -2.33. The summed E-state index contributed by atoms with van der Waals surface area (Å²) in [6, 6.07) is -0.954. The summed E-state index contributed by atoms with van der Waals surface area (Å²) in [4.78, 5) is 13.6. The van der Waals surface area contributed by atoms with E-state index in [1.807, 2.05) is 0 Å². The van der Waals surface area contributed by atoms with E-state index in [4.69, 9.17) is 16.7 Å². The summed E-state index contributed by atoms with van der Waals surface area (Å²) in [5.41, 5.74) is 7.20. The molecule has 0 amide bonds. The van der Waals surface area contributed by atoms with Gasteiger partial charge in [0.05, 0.1) is 12.9 Å². The highest BCUT2D eigenvalue weighted by Gasteiger charge is 2.08. The predicted molar refractivity (Wildman–Crippen MR) is 36.3 cm³/mol. The van der Waals surface area contributed by atoms with Crippen molar-refractivity contribution < 1.29 is 9.90 Å². The number of rotatable bonds is 4. The molecular weight excluding hydrogens is 136 g/mol. The Kier molecular flexibility index (Phi) is 4.17. The Hall–Kier alpha value is -1.14. The number of nitrogens with two attached hydrogens (primary N) is 2. The number of hydrogen-bond acceptors (Lipinski definition) is 4. The van der Waals surface area contributed by atoms with Gasteiger partial charge in [-0.1, -0.05) is 0 Å². The Labute approximate surface area is 57.9 Å². The number of aliphatic imine (C=N–C) groups is 1. The average Bonchev–Trinajstić information content (AvgIpc) is 1.88. The van der Waals surface area contributed by atoms with Gasteiger partial charge in [-0.05, 0) is 0 Å². The summed E-state index contributed by atoms with van der Waals surface area (Å²) in [6.07, 6.45) is 1.18. The number of hydrazine groups is 1. The van der Waals surface area contributed by atoms with Crippen LogP contribution in [0.5, 0.6) is 0 Å². The minimum Gasteiger partial charge on any atom is -0.480 e. The van der Waals surface area contributed by atoms with E-state index in [1.165, 1.54) is 6.34 Å². The third-order valence-electron chi connectivity index (χ3n) is 0.785. The summed E-state index contributed by atoms with van der Waals surface area (Å²) in [6.45, 7) is 0.0273. The summed E-state index contributed by atoms with van der Waals surface area (Å²) in [7, 11) is 0. The summed E-state index contributed by atoms with van der Waals surface area (Å²) in [5.74, 6) is 3.73. The molecule has 6 N–H and O–H groups in total. The number of nitrogens with one attached hydrogen (secondary N) is 1. The first-order valence-electron chi connectivity index (χ1n) is 2.61. The maximum Gasteiger partial charge on any atom is 0.322 e. The van der Waals surface area contributed by atoms with Gasteiger partial charge in [0.1, 0.15) is 6.04 Å². The maximum absolute atomic E-state index is 10.0. The molecule has 6 heteroatoms. The summed E-state index contributed by atoms with van der Waals surface area (Å²) < 4.78 is 0. The molecule has 0 bridgehead atoms. The number of carboxylic acids is 1. The zero-order valence-electron chi connectivity index (χ0n) is 5.32. The van der Waals surface area contributed by atoms with Gasteiger partial charge in [0.2, 0.25) is 0 Å². The van der Waals surface area contributed by atoms with Crippen LogP contribution in [0.2, 0.25) is 0 Å². The van der Waals surface area contributed by atoms with Crippen molar-refractivity contribution in [1.82, 2.24) is 5.43 Å². The van der Waals surface area contributed by atoms with Crippen molar-refractivity contribution in [2.45, 2.75) is 6.04 Å². The summed E-state index contributed by atoms with van der Waals surface area (Å²) in [5, 5.41) is 8.23. The second-order valence-electron chi connectivity index (χ2n) is 1.61. The van der Waals surface area contributed by atoms with Gasteiger partial charge in [0.25, 0.3) is 0 Å². The lowest BCUT2D eigenvalue weighted by atomic mass is 10.3. The standard InChI is InChI=1S/C4H10N4O2/c5-3(4(9)10)1-7-2-8-6/h2-3H,1,5-6H2,(H,7,8)(H,9,10)/t3-/m1/s1. The van der Waals surface area contributed by atoms with Gasteiger partial charge < -0.3 is 16.3 Å². The highest BCUT2D eigenvalue weighted by molar-refractivity contribution is 5.73. The van der Waals surface area contributed by atoms with Crippen molar-refractivity contribution in [1.29, 1.82) is 0 Å². The van der Waals surface area contributed by atoms with E-state index >= 15 is 0 Å². The Morgan fingerprint density at radius 2 is 2.50 bits per heavy atom. The molecule has 0 saturated heterocycles. The van der Waals surface area contributed by atoms with Crippen LogP contribution in [0.4, 0.5) is 0 Å². The van der Waals surface area contributed by atoms with Crippen LogP contribution in [-0.4, -0.2) is 30.0 Å². The van der Waals surface area contributed by atoms with E-state index in [2.05, 4.69) is 10.4 Å². The Morgan fingerprint density at radius 3 is 2.90 bits per heavy atom. The molecule has 6 nitrogen and oxygen atoms in total. The van der Waals surface area contributed by atoms with Gasteiger partial charge in [-0.25, -0.2) is 5.84 Å². The molecular formula is C4H10N4O2. The average molecular weight is 146 g/mol. The third-order valence-corrected chi connectivity index (χ3v) is 0.785. The van der Waals surface area contributed by atoms with E-state index in [1.54, 1.807) is 0 Å². The molecule has 0 fully saturated rings. The van der Waals surface area contributed by atoms with E-state index < -0.39 is 12.0 Å². The Bertz CT molecular complexity index is 135. The number of carbonyl (C=O) groups is 1. The number of aliphatic carboxylic acids is 1. The first-order chi connectivity index (χ1) is 4.68. The van der Waals surface area contributed by atoms with E-state index in [0.717, 1.165) is 0 Å². The molecule has 0 radical (unpaired) electrons. The van der Waals surface area contributed by atoms with Crippen LogP contribution in [-0.2, 0) is 4.79 Å². The van der Waals surface area contributed by atoms with Gasteiger partial charge in [0.15, 0.2) is 0 Å². The molecule has 0 heterocycles. The van der Waals surface area contributed by atoms with E-state index in [-0.39, 0.29) is 6.54 Å². The zero-order valence-corrected chi connectivity index (χ0v) is 5.32. The highest BCUT2D eigenvalue weighted by atomic mass is 16.4. The van der Waals surface area contributed by atoms with Crippen LogP contribution < -0.4 is 17.0 Å². The Morgan fingerprint density at radius 1 is 1.90 bits per heavy atom. The summed E-state index contributed by atoms with van der Waals surface area (Å²) >= 11 is 0. The molecule has 0 saturated carbocycles. The van der Waals surface area contributed by atoms with Gasteiger partial charge in [-0.3, -0.25) is 9.79 Å². The highest BCUT2D eigenvalue weighted by Crippen LogP contribution is 1.77. The monoisotopic (exact) mass is 146 g/mol. The molecule has 1 atom stereocenters. The van der Waals surface area contributed by atoms with Gasteiger partial charge in [-0.2, -0.15) is 0 Å². The van der Waals surface area contributed by atoms with Crippen LogP contribution in [0, 0.1) is 0 Å². The molecule has 10 heavy (non-hydrogen) atoms. The SMILES string of the molecule is NNC=NC[C@@H](N)C(=O)O. The normalized spacial score (nSPS) is 13.4.